The largest absolute Gasteiger partial charge is 0.339 e. The van der Waals surface area contributed by atoms with Gasteiger partial charge in [0.15, 0.2) is 0 Å². The summed E-state index contributed by atoms with van der Waals surface area (Å²) in [5.41, 5.74) is 4.83. The standard InChI is InChI=1S/C15H13Cl2N3O/c1-10-4-2-3-5-14(10)19-15(21)20-18-9-11-6-7-12(16)13(17)8-11/h2-9H,1H3,(H2,19,20,21)/b18-9-. The van der Waals surface area contributed by atoms with Gasteiger partial charge >= 0.3 is 6.03 Å². The predicted octanol–water partition coefficient (Wildman–Crippen LogP) is 4.46. The van der Waals surface area contributed by atoms with Gasteiger partial charge in [0, 0.05) is 5.69 Å². The molecule has 0 saturated heterocycles. The van der Waals surface area contributed by atoms with Crippen molar-refractivity contribution in [1.82, 2.24) is 5.43 Å². The van der Waals surface area contributed by atoms with Gasteiger partial charge in [0.05, 0.1) is 16.3 Å². The number of nitrogens with one attached hydrogen (secondary N) is 2. The van der Waals surface area contributed by atoms with Crippen LogP contribution in [0.5, 0.6) is 0 Å². The summed E-state index contributed by atoms with van der Waals surface area (Å²) in [6.07, 6.45) is 1.49. The van der Waals surface area contributed by atoms with Crippen LogP contribution in [0.1, 0.15) is 11.1 Å². The molecule has 2 amide bonds. The predicted molar refractivity (Wildman–Crippen MR) is 87.4 cm³/mol. The summed E-state index contributed by atoms with van der Waals surface area (Å²) in [4.78, 5) is 11.7. The quantitative estimate of drug-likeness (QED) is 0.636. The number of carbonyl (C=O) groups is 1. The third kappa shape index (κ3) is 4.48. The van der Waals surface area contributed by atoms with Crippen LogP contribution < -0.4 is 10.7 Å². The molecule has 4 nitrogen and oxygen atoms in total. The molecule has 0 aliphatic carbocycles. The molecule has 0 bridgehead atoms. The summed E-state index contributed by atoms with van der Waals surface area (Å²) in [7, 11) is 0. The van der Waals surface area contributed by atoms with Crippen molar-refractivity contribution in [1.29, 1.82) is 0 Å². The third-order valence-electron chi connectivity index (χ3n) is 2.72. The second kappa shape index (κ2) is 7.11. The lowest BCUT2D eigenvalue weighted by Gasteiger charge is -2.06. The maximum atomic E-state index is 11.7. The molecular formula is C15H13Cl2N3O. The van der Waals surface area contributed by atoms with Crippen LogP contribution in [0.3, 0.4) is 0 Å². The van der Waals surface area contributed by atoms with Gasteiger partial charge in [-0.05, 0) is 36.2 Å². The van der Waals surface area contributed by atoms with Gasteiger partial charge in [0.25, 0.3) is 0 Å². The second-order valence-corrected chi connectivity index (χ2v) is 5.13. The van der Waals surface area contributed by atoms with Gasteiger partial charge in [-0.25, -0.2) is 10.2 Å². The van der Waals surface area contributed by atoms with E-state index in [-0.39, 0.29) is 0 Å². The van der Waals surface area contributed by atoms with Crippen molar-refractivity contribution in [3.63, 3.8) is 0 Å². The van der Waals surface area contributed by atoms with Gasteiger partial charge in [-0.3, -0.25) is 0 Å². The van der Waals surface area contributed by atoms with Crippen molar-refractivity contribution >= 4 is 41.1 Å². The van der Waals surface area contributed by atoms with Gasteiger partial charge in [0.1, 0.15) is 0 Å². The van der Waals surface area contributed by atoms with E-state index in [1.165, 1.54) is 6.21 Å². The molecule has 0 unspecified atom stereocenters. The highest BCUT2D eigenvalue weighted by molar-refractivity contribution is 6.42. The third-order valence-corrected chi connectivity index (χ3v) is 3.46. The first-order valence-electron chi connectivity index (χ1n) is 6.17. The molecule has 2 rings (SSSR count). The number of anilines is 1. The van der Waals surface area contributed by atoms with Crippen LogP contribution in [0.25, 0.3) is 0 Å². The average Bonchev–Trinajstić information content (AvgIpc) is 2.45. The van der Waals surface area contributed by atoms with E-state index in [9.17, 15) is 4.79 Å². The molecular weight excluding hydrogens is 309 g/mol. The normalized spacial score (nSPS) is 10.6. The number of carbonyl (C=O) groups excluding carboxylic acids is 1. The van der Waals surface area contributed by atoms with Gasteiger partial charge in [-0.2, -0.15) is 5.10 Å². The molecule has 0 heterocycles. The van der Waals surface area contributed by atoms with Crippen LogP contribution in [0.4, 0.5) is 10.5 Å². The molecule has 21 heavy (non-hydrogen) atoms. The van der Waals surface area contributed by atoms with Crippen molar-refractivity contribution in [2.24, 2.45) is 5.10 Å². The fourth-order valence-corrected chi connectivity index (χ4v) is 1.93. The zero-order valence-electron chi connectivity index (χ0n) is 11.2. The van der Waals surface area contributed by atoms with Gasteiger partial charge in [0.2, 0.25) is 0 Å². The van der Waals surface area contributed by atoms with Crippen molar-refractivity contribution in [2.75, 3.05) is 5.32 Å². The van der Waals surface area contributed by atoms with Gasteiger partial charge in [-0.15, -0.1) is 0 Å². The Hall–Kier alpha value is -2.04. The van der Waals surface area contributed by atoms with E-state index < -0.39 is 6.03 Å². The Bertz CT molecular complexity index is 686. The highest BCUT2D eigenvalue weighted by Crippen LogP contribution is 2.21. The molecule has 2 aromatic carbocycles. The molecule has 0 aliphatic heterocycles. The van der Waals surface area contributed by atoms with Crippen LogP contribution >= 0.6 is 23.2 Å². The highest BCUT2D eigenvalue weighted by Gasteiger charge is 2.02. The number of amides is 2. The van der Waals surface area contributed by atoms with Crippen molar-refractivity contribution < 1.29 is 4.79 Å². The number of hydrogen-bond acceptors (Lipinski definition) is 2. The van der Waals surface area contributed by atoms with E-state index >= 15 is 0 Å². The summed E-state index contributed by atoms with van der Waals surface area (Å²) in [5.74, 6) is 0. The van der Waals surface area contributed by atoms with E-state index in [2.05, 4.69) is 15.8 Å². The summed E-state index contributed by atoms with van der Waals surface area (Å²) in [5, 5.41) is 7.46. The van der Waals surface area contributed by atoms with Gasteiger partial charge in [-0.1, -0.05) is 47.5 Å². The number of nitrogens with zero attached hydrogens (tertiary/aromatic N) is 1. The maximum Gasteiger partial charge on any atom is 0.339 e. The Labute approximate surface area is 132 Å². The van der Waals surface area contributed by atoms with E-state index in [0.29, 0.717) is 10.0 Å². The second-order valence-electron chi connectivity index (χ2n) is 4.31. The lowest BCUT2D eigenvalue weighted by atomic mass is 10.2. The topological polar surface area (TPSA) is 53.5 Å². The molecule has 108 valence electrons. The van der Waals surface area contributed by atoms with Gasteiger partial charge < -0.3 is 5.32 Å². The summed E-state index contributed by atoms with van der Waals surface area (Å²) >= 11 is 11.7. The van der Waals surface area contributed by atoms with E-state index in [1.54, 1.807) is 18.2 Å². The fourth-order valence-electron chi connectivity index (χ4n) is 1.62. The van der Waals surface area contributed by atoms with Crippen LogP contribution in [-0.4, -0.2) is 12.2 Å². The number of aryl methyl sites for hydroxylation is 1. The van der Waals surface area contributed by atoms with Crippen molar-refractivity contribution in [3.8, 4) is 0 Å². The first kappa shape index (κ1) is 15.4. The minimum Gasteiger partial charge on any atom is -0.306 e. The highest BCUT2D eigenvalue weighted by atomic mass is 35.5. The van der Waals surface area contributed by atoms with Crippen LogP contribution in [0.2, 0.25) is 10.0 Å². The monoisotopic (exact) mass is 321 g/mol. The number of rotatable bonds is 3. The number of urea groups is 1. The fraction of sp³-hybridized carbons (Fsp3) is 0.0667. The first-order valence-corrected chi connectivity index (χ1v) is 6.92. The van der Waals surface area contributed by atoms with Crippen LogP contribution in [0, 0.1) is 6.92 Å². The molecule has 2 aromatic rings. The number of hydrogen-bond donors (Lipinski definition) is 2. The maximum absolute atomic E-state index is 11.7. The summed E-state index contributed by atoms with van der Waals surface area (Å²) in [6, 6.07) is 12.1. The summed E-state index contributed by atoms with van der Waals surface area (Å²) < 4.78 is 0. The molecule has 0 aliphatic rings. The SMILES string of the molecule is Cc1ccccc1NC(=O)N/N=C\c1ccc(Cl)c(Cl)c1. The van der Waals surface area contributed by atoms with Crippen molar-refractivity contribution in [3.05, 3.63) is 63.6 Å². The number of benzene rings is 2. The Morgan fingerprint density at radius 1 is 1.14 bits per heavy atom. The molecule has 0 spiro atoms. The minimum absolute atomic E-state index is 0.416. The zero-order chi connectivity index (χ0) is 15.2. The lowest BCUT2D eigenvalue weighted by Crippen LogP contribution is -2.24. The molecule has 2 N–H and O–H groups in total. The number of halogens is 2. The molecule has 0 fully saturated rings. The Kier molecular flexibility index (Phi) is 5.20. The molecule has 0 radical (unpaired) electrons. The minimum atomic E-state index is -0.416. The smallest absolute Gasteiger partial charge is 0.306 e. The average molecular weight is 322 g/mol. The zero-order valence-corrected chi connectivity index (χ0v) is 12.7. The Morgan fingerprint density at radius 3 is 2.62 bits per heavy atom. The van der Waals surface area contributed by atoms with Crippen molar-refractivity contribution in [2.45, 2.75) is 6.92 Å². The summed E-state index contributed by atoms with van der Waals surface area (Å²) in [6.45, 7) is 1.91. The van der Waals surface area contributed by atoms with E-state index in [4.69, 9.17) is 23.2 Å². The Balaban J connectivity index is 1.93. The van der Waals surface area contributed by atoms with E-state index in [1.807, 2.05) is 31.2 Å². The number of hydrazone groups is 1. The van der Waals surface area contributed by atoms with E-state index in [0.717, 1.165) is 16.8 Å². The molecule has 0 saturated carbocycles. The van der Waals surface area contributed by atoms with Crippen LogP contribution in [0.15, 0.2) is 47.6 Å². The number of para-hydroxylation sites is 1. The first-order chi connectivity index (χ1) is 10.1. The lowest BCUT2D eigenvalue weighted by molar-refractivity contribution is 0.252. The molecule has 6 heteroatoms. The van der Waals surface area contributed by atoms with Crippen LogP contribution in [-0.2, 0) is 0 Å². The molecule has 0 atom stereocenters. The Morgan fingerprint density at radius 2 is 1.90 bits per heavy atom. The molecule has 0 aromatic heterocycles.